The van der Waals surface area contributed by atoms with Gasteiger partial charge in [-0.1, -0.05) is 139 Å². The molecule has 0 spiro atoms. The molecule has 0 bridgehead atoms. The highest BCUT2D eigenvalue weighted by atomic mass is 16.2. The number of hydrogen-bond donors (Lipinski definition) is 8. The summed E-state index contributed by atoms with van der Waals surface area (Å²) in [6.45, 7) is 14.7. The molecular weight excluding hydrogens is 1040 g/mol. The molecule has 2 aliphatic heterocycles. The van der Waals surface area contributed by atoms with Gasteiger partial charge in [-0.15, -0.1) is 0 Å². The third-order valence-corrected chi connectivity index (χ3v) is 15.3. The van der Waals surface area contributed by atoms with Crippen molar-refractivity contribution in [1.29, 1.82) is 0 Å². The normalized spacial score (nSPS) is 18.5. The van der Waals surface area contributed by atoms with Gasteiger partial charge in [0.2, 0.25) is 35.4 Å². The Kier molecular flexibility index (Phi) is 20.2. The maximum absolute atomic E-state index is 14.6. The molecule has 8 N–H and O–H groups in total. The third kappa shape index (κ3) is 15.6. The molecule has 0 aromatic heterocycles. The quantitative estimate of drug-likeness (QED) is 0.0499. The molecular formula is C64H80N10O8. The molecule has 0 unspecified atom stereocenters. The Labute approximate surface area is 481 Å². The van der Waals surface area contributed by atoms with Gasteiger partial charge >= 0.3 is 0 Å². The Morgan fingerprint density at radius 2 is 0.817 bits per heavy atom. The van der Waals surface area contributed by atoms with Gasteiger partial charge in [-0.25, -0.2) is 0 Å². The first kappa shape index (κ1) is 61.4. The van der Waals surface area contributed by atoms with E-state index in [0.717, 1.165) is 33.4 Å². The molecule has 2 saturated heterocycles. The van der Waals surface area contributed by atoms with E-state index in [2.05, 4.69) is 42.5 Å². The molecule has 82 heavy (non-hydrogen) atoms. The fraction of sp³-hybridized carbons (Fsp3) is 0.406. The molecule has 434 valence electrons. The predicted molar refractivity (Wildman–Crippen MR) is 316 cm³/mol. The Hall–Kier alpha value is -8.22. The van der Waals surface area contributed by atoms with Gasteiger partial charge in [0.25, 0.3) is 11.8 Å². The molecule has 5 aromatic carbocycles. The number of carbonyl (C=O) groups is 8. The Morgan fingerprint density at radius 1 is 0.476 bits per heavy atom. The van der Waals surface area contributed by atoms with E-state index in [-0.39, 0.29) is 62.0 Å². The Balaban J connectivity index is 1.05. The van der Waals surface area contributed by atoms with Crippen molar-refractivity contribution in [2.24, 2.45) is 10.8 Å². The molecule has 2 heterocycles. The second kappa shape index (κ2) is 27.0. The van der Waals surface area contributed by atoms with Crippen LogP contribution in [0.1, 0.15) is 100 Å². The molecule has 2 aliphatic rings. The zero-order valence-electron chi connectivity index (χ0n) is 48.7. The van der Waals surface area contributed by atoms with Crippen molar-refractivity contribution in [1.82, 2.24) is 52.3 Å². The summed E-state index contributed by atoms with van der Waals surface area (Å²) in [5, 5.41) is 23.6. The predicted octanol–water partition coefficient (Wildman–Crippen LogP) is 5.33. The summed E-state index contributed by atoms with van der Waals surface area (Å²) in [6.07, 6.45) is 0.176. The van der Waals surface area contributed by atoms with Gasteiger partial charge in [0, 0.05) is 49.4 Å². The van der Waals surface area contributed by atoms with Gasteiger partial charge in [0.1, 0.15) is 24.2 Å². The summed E-state index contributed by atoms with van der Waals surface area (Å²) >= 11 is 0. The number of nitrogens with zero attached hydrogens (tertiary/aromatic N) is 2. The van der Waals surface area contributed by atoms with Crippen LogP contribution in [-0.4, -0.2) is 133 Å². The van der Waals surface area contributed by atoms with Crippen LogP contribution in [0.3, 0.4) is 0 Å². The molecule has 2 fully saturated rings. The topological polar surface area (TPSA) is 239 Å². The van der Waals surface area contributed by atoms with Crippen LogP contribution in [0, 0.1) is 10.8 Å². The summed E-state index contributed by atoms with van der Waals surface area (Å²) in [5.74, 6) is -3.52. The minimum absolute atomic E-state index is 0.0179. The molecule has 8 amide bonds. The van der Waals surface area contributed by atoms with Crippen molar-refractivity contribution in [2.75, 3.05) is 27.2 Å². The SMILES string of the molecule is CN[C@@H](C)C(=O)N[C@H](C(=O)N1C[C@@H](NC(=O)c2ccc(C(=O)N[C@H]3C[C@@H](C(=O)NCc4cccc(-c5ccccc5)c4)N(C(=O)[C@@H](NC(=O)[C@H](C)NC)C(C)(C)C)C3)cc2)C[C@H]1C(=O)NCc1cccc(-c2ccccc2)c1)C(C)(C)C. The molecule has 5 aromatic rings. The number of likely N-dealkylation sites (tertiary alicyclic amines) is 2. The van der Waals surface area contributed by atoms with E-state index in [1.165, 1.54) is 34.1 Å². The van der Waals surface area contributed by atoms with Crippen LogP contribution in [-0.2, 0) is 41.9 Å². The van der Waals surface area contributed by atoms with E-state index in [4.69, 9.17) is 0 Å². The molecule has 0 aliphatic carbocycles. The largest absolute Gasteiger partial charge is 0.350 e. The maximum Gasteiger partial charge on any atom is 0.251 e. The van der Waals surface area contributed by atoms with E-state index in [1.54, 1.807) is 27.9 Å². The first-order valence-corrected chi connectivity index (χ1v) is 28.1. The van der Waals surface area contributed by atoms with Gasteiger partial charge in [-0.05, 0) is 121 Å². The lowest BCUT2D eigenvalue weighted by Gasteiger charge is -2.36. The van der Waals surface area contributed by atoms with E-state index >= 15 is 0 Å². The zero-order valence-corrected chi connectivity index (χ0v) is 48.7. The minimum Gasteiger partial charge on any atom is -0.350 e. The van der Waals surface area contributed by atoms with E-state index in [0.29, 0.717) is 0 Å². The number of likely N-dealkylation sites (N-methyl/N-ethyl adjacent to an activating group) is 2. The van der Waals surface area contributed by atoms with Gasteiger partial charge in [-0.2, -0.15) is 0 Å². The smallest absolute Gasteiger partial charge is 0.251 e. The van der Waals surface area contributed by atoms with Crippen LogP contribution in [0.5, 0.6) is 0 Å². The lowest BCUT2D eigenvalue weighted by atomic mass is 9.85. The molecule has 7 rings (SSSR count). The van der Waals surface area contributed by atoms with Crippen LogP contribution >= 0.6 is 0 Å². The summed E-state index contributed by atoms with van der Waals surface area (Å²) in [7, 11) is 3.29. The fourth-order valence-electron chi connectivity index (χ4n) is 10.2. The molecule has 8 atom stereocenters. The van der Waals surface area contributed by atoms with Crippen LogP contribution in [0.15, 0.2) is 133 Å². The Bertz CT molecular complexity index is 2880. The number of nitrogens with one attached hydrogen (secondary N) is 8. The highest BCUT2D eigenvalue weighted by Crippen LogP contribution is 2.30. The third-order valence-electron chi connectivity index (χ3n) is 15.3. The van der Waals surface area contributed by atoms with Crippen molar-refractivity contribution in [2.45, 2.75) is 130 Å². The van der Waals surface area contributed by atoms with E-state index in [9.17, 15) is 38.4 Å². The second-order valence-corrected chi connectivity index (χ2v) is 23.6. The monoisotopic (exact) mass is 1120 g/mol. The van der Waals surface area contributed by atoms with Crippen molar-refractivity contribution in [3.8, 4) is 22.3 Å². The fourth-order valence-corrected chi connectivity index (χ4v) is 10.2. The zero-order chi connectivity index (χ0) is 59.5. The highest BCUT2D eigenvalue weighted by molar-refractivity contribution is 5.99. The van der Waals surface area contributed by atoms with Gasteiger partial charge in [0.15, 0.2) is 0 Å². The highest BCUT2D eigenvalue weighted by Gasteiger charge is 2.47. The Morgan fingerprint density at radius 3 is 1.15 bits per heavy atom. The molecule has 18 heteroatoms. The number of carbonyl (C=O) groups excluding carboxylic acids is 8. The van der Waals surface area contributed by atoms with E-state index in [1.807, 2.05) is 151 Å². The van der Waals surface area contributed by atoms with Crippen LogP contribution in [0.25, 0.3) is 22.3 Å². The van der Waals surface area contributed by atoms with Gasteiger partial charge in [-0.3, -0.25) is 38.4 Å². The van der Waals surface area contributed by atoms with Crippen molar-refractivity contribution in [3.05, 3.63) is 156 Å². The van der Waals surface area contributed by atoms with Crippen molar-refractivity contribution >= 4 is 47.3 Å². The first-order chi connectivity index (χ1) is 38.9. The average molecular weight is 1120 g/mol. The van der Waals surface area contributed by atoms with Gasteiger partial charge < -0.3 is 52.3 Å². The van der Waals surface area contributed by atoms with E-state index < -0.39 is 94.6 Å². The standard InChI is InChI=1S/C64H80N10O8/c1-39(65-9)55(75)71-53(63(3,4)5)61(81)73-37-49(33-51(73)59(79)67-35-41-19-17-25-47(31-41)43-21-13-11-14-22-43)69-57(77)45-27-29-46(30-28-45)58(78)70-50-34-52(74(38-50)62(82)54(64(6,7)8)72-56(76)40(2)66-10)60(80)68-36-42-20-18-26-48(32-42)44-23-15-12-16-24-44/h11-32,39-40,49-54,65-66H,33-38H2,1-10H3,(H,67,79)(H,68,80)(H,69,77)(H,70,78)(H,71,75)(H,72,76)/t39-,40-,49-,50-,51-,52-,53+,54+/m0/s1. The summed E-state index contributed by atoms with van der Waals surface area (Å²) < 4.78 is 0. The minimum atomic E-state index is -1.01. The van der Waals surface area contributed by atoms with Crippen LogP contribution in [0.4, 0.5) is 0 Å². The summed E-state index contributed by atoms with van der Waals surface area (Å²) in [6, 6.07) is 34.8. The molecule has 18 nitrogen and oxygen atoms in total. The van der Waals surface area contributed by atoms with Crippen LogP contribution < -0.4 is 42.5 Å². The maximum atomic E-state index is 14.6. The van der Waals surface area contributed by atoms with Crippen LogP contribution in [0.2, 0.25) is 0 Å². The number of rotatable bonds is 20. The lowest BCUT2D eigenvalue weighted by Crippen LogP contribution is -2.59. The van der Waals surface area contributed by atoms with Crippen molar-refractivity contribution < 1.29 is 38.4 Å². The molecule has 0 radical (unpaired) electrons. The first-order valence-electron chi connectivity index (χ1n) is 28.1. The number of amides is 8. The summed E-state index contributed by atoms with van der Waals surface area (Å²) in [5.41, 5.74) is 4.64. The number of benzene rings is 5. The number of hydrogen-bond acceptors (Lipinski definition) is 10. The second-order valence-electron chi connectivity index (χ2n) is 23.6. The van der Waals surface area contributed by atoms with Gasteiger partial charge in [0.05, 0.1) is 12.1 Å². The lowest BCUT2D eigenvalue weighted by molar-refractivity contribution is -0.144. The van der Waals surface area contributed by atoms with Crippen molar-refractivity contribution in [3.63, 3.8) is 0 Å². The molecule has 0 saturated carbocycles. The summed E-state index contributed by atoms with van der Waals surface area (Å²) in [4.78, 5) is 115. The average Bonchev–Trinajstić information content (AvgIpc) is 4.24.